The van der Waals surface area contributed by atoms with Crippen LogP contribution >= 0.6 is 11.6 Å². The fourth-order valence-corrected chi connectivity index (χ4v) is 2.66. The Morgan fingerprint density at radius 2 is 2.07 bits per heavy atom. The fourth-order valence-electron chi connectivity index (χ4n) is 2.19. The van der Waals surface area contributed by atoms with Crippen LogP contribution in [0, 0.1) is 0 Å². The highest BCUT2D eigenvalue weighted by Crippen LogP contribution is 2.44. The summed E-state index contributed by atoms with van der Waals surface area (Å²) in [6, 6.07) is 3.54. The maximum Gasteiger partial charge on any atom is 0.164 e. The maximum absolute atomic E-state index is 11.8. The minimum Gasteiger partial charge on any atom is -0.497 e. The number of ether oxygens (including phenoxy) is 1. The van der Waals surface area contributed by atoms with E-state index in [1.807, 2.05) is 13.8 Å². The second-order valence-corrected chi connectivity index (χ2v) is 4.92. The molecule has 1 aromatic rings. The quantitative estimate of drug-likeness (QED) is 0.732. The van der Waals surface area contributed by atoms with E-state index in [0.717, 1.165) is 5.56 Å². The van der Waals surface area contributed by atoms with Gasteiger partial charge in [-0.1, -0.05) is 25.4 Å². The number of fused-ring (bicyclic) bond motifs is 1. The molecular weight excluding hydrogens is 212 g/mol. The lowest BCUT2D eigenvalue weighted by Crippen LogP contribution is -2.13. The largest absolute Gasteiger partial charge is 0.497 e. The average Bonchev–Trinajstić information content (AvgIpc) is 2.37. The van der Waals surface area contributed by atoms with Crippen molar-refractivity contribution in [1.82, 2.24) is 0 Å². The molecule has 0 aromatic heterocycles. The van der Waals surface area contributed by atoms with Crippen LogP contribution in [0.3, 0.4) is 0 Å². The predicted molar refractivity (Wildman–Crippen MR) is 60.0 cm³/mol. The Labute approximate surface area is 94.2 Å². The number of methoxy groups -OCH3 is 1. The lowest BCUT2D eigenvalue weighted by atomic mass is 9.86. The first-order valence-electron chi connectivity index (χ1n) is 4.87. The number of carbonyl (C=O) groups is 1. The number of carbonyl (C=O) groups excluding carboxylic acids is 1. The van der Waals surface area contributed by atoms with Gasteiger partial charge in [0, 0.05) is 17.0 Å². The molecule has 2 nitrogen and oxygen atoms in total. The molecule has 0 amide bonds. The Morgan fingerprint density at radius 1 is 1.40 bits per heavy atom. The van der Waals surface area contributed by atoms with Gasteiger partial charge in [-0.2, -0.15) is 0 Å². The van der Waals surface area contributed by atoms with E-state index in [0.29, 0.717) is 22.8 Å². The Hall–Kier alpha value is -1.02. The van der Waals surface area contributed by atoms with Crippen molar-refractivity contribution in [3.63, 3.8) is 0 Å². The molecule has 0 unspecified atom stereocenters. The van der Waals surface area contributed by atoms with E-state index >= 15 is 0 Å². The summed E-state index contributed by atoms with van der Waals surface area (Å²) in [5, 5.41) is 0.625. The number of halogens is 1. The van der Waals surface area contributed by atoms with Crippen LogP contribution in [0.4, 0.5) is 0 Å². The molecule has 0 saturated carbocycles. The molecule has 0 heterocycles. The van der Waals surface area contributed by atoms with Crippen molar-refractivity contribution in [2.24, 2.45) is 0 Å². The summed E-state index contributed by atoms with van der Waals surface area (Å²) in [6.45, 7) is 4.07. The van der Waals surface area contributed by atoms with Crippen LogP contribution in [0.5, 0.6) is 5.75 Å². The first-order chi connectivity index (χ1) is 6.95. The van der Waals surface area contributed by atoms with Gasteiger partial charge < -0.3 is 4.74 Å². The van der Waals surface area contributed by atoms with Gasteiger partial charge in [0.1, 0.15) is 5.75 Å². The van der Waals surface area contributed by atoms with E-state index in [-0.39, 0.29) is 11.2 Å². The van der Waals surface area contributed by atoms with Gasteiger partial charge in [0.25, 0.3) is 0 Å². The molecule has 3 heteroatoms. The number of rotatable bonds is 1. The van der Waals surface area contributed by atoms with E-state index in [9.17, 15) is 4.79 Å². The minimum atomic E-state index is -0.157. The van der Waals surface area contributed by atoms with Crippen molar-refractivity contribution < 1.29 is 9.53 Å². The zero-order valence-electron chi connectivity index (χ0n) is 9.06. The van der Waals surface area contributed by atoms with Crippen molar-refractivity contribution in [3.05, 3.63) is 28.3 Å². The van der Waals surface area contributed by atoms with Gasteiger partial charge in [-0.05, 0) is 23.1 Å². The molecule has 0 fully saturated rings. The van der Waals surface area contributed by atoms with Gasteiger partial charge in [-0.25, -0.2) is 0 Å². The number of hydrogen-bond donors (Lipinski definition) is 0. The number of Topliss-reactive ketones (excluding diaryl/α,β-unsaturated/α-hetero) is 1. The van der Waals surface area contributed by atoms with Crippen LogP contribution in [0.15, 0.2) is 12.1 Å². The summed E-state index contributed by atoms with van der Waals surface area (Å²) >= 11 is 6.17. The Kier molecular flexibility index (Phi) is 2.27. The molecule has 0 saturated heterocycles. The van der Waals surface area contributed by atoms with Crippen molar-refractivity contribution in [2.75, 3.05) is 7.11 Å². The van der Waals surface area contributed by atoms with Crippen LogP contribution in [0.2, 0.25) is 5.02 Å². The molecule has 0 radical (unpaired) electrons. The van der Waals surface area contributed by atoms with Gasteiger partial charge >= 0.3 is 0 Å². The van der Waals surface area contributed by atoms with E-state index in [1.165, 1.54) is 0 Å². The van der Waals surface area contributed by atoms with E-state index in [1.54, 1.807) is 19.2 Å². The monoisotopic (exact) mass is 224 g/mol. The van der Waals surface area contributed by atoms with Gasteiger partial charge in [-0.3, -0.25) is 4.79 Å². The third kappa shape index (κ3) is 1.53. The van der Waals surface area contributed by atoms with Crippen molar-refractivity contribution in [3.8, 4) is 5.75 Å². The molecule has 0 spiro atoms. The van der Waals surface area contributed by atoms with Gasteiger partial charge in [0.05, 0.1) is 7.11 Å². The number of benzene rings is 1. The standard InChI is InChI=1S/C12H13ClO2/c1-12(2)6-10(14)8-4-7(15-3)5-9(13)11(8)12/h4-5H,6H2,1-3H3. The lowest BCUT2D eigenvalue weighted by Gasteiger charge is -2.19. The Morgan fingerprint density at radius 3 is 2.67 bits per heavy atom. The Balaban J connectivity index is 2.69. The van der Waals surface area contributed by atoms with E-state index in [2.05, 4.69) is 0 Å². The molecule has 0 aliphatic heterocycles. The van der Waals surface area contributed by atoms with E-state index < -0.39 is 0 Å². The smallest absolute Gasteiger partial charge is 0.164 e. The SMILES string of the molecule is COc1cc(Cl)c2c(c1)C(=O)CC2(C)C. The van der Waals surface area contributed by atoms with Crippen LogP contribution in [-0.2, 0) is 5.41 Å². The average molecular weight is 225 g/mol. The molecule has 0 N–H and O–H groups in total. The molecule has 0 bridgehead atoms. The zero-order chi connectivity index (χ0) is 11.2. The molecule has 1 aromatic carbocycles. The third-order valence-electron chi connectivity index (χ3n) is 2.88. The summed E-state index contributed by atoms with van der Waals surface area (Å²) in [5.74, 6) is 0.792. The molecule has 1 aliphatic rings. The Bertz CT molecular complexity index is 435. The van der Waals surface area contributed by atoms with Gasteiger partial charge in [0.2, 0.25) is 0 Å². The topological polar surface area (TPSA) is 26.3 Å². The second-order valence-electron chi connectivity index (χ2n) is 4.52. The summed E-state index contributed by atoms with van der Waals surface area (Å²) in [4.78, 5) is 11.8. The van der Waals surface area contributed by atoms with Crippen LogP contribution in [0.1, 0.15) is 36.2 Å². The van der Waals surface area contributed by atoms with E-state index in [4.69, 9.17) is 16.3 Å². The minimum absolute atomic E-state index is 0.149. The fraction of sp³-hybridized carbons (Fsp3) is 0.417. The summed E-state index contributed by atoms with van der Waals surface area (Å²) < 4.78 is 5.10. The predicted octanol–water partition coefficient (Wildman–Crippen LogP) is 3.21. The molecule has 15 heavy (non-hydrogen) atoms. The molecule has 2 rings (SSSR count). The first-order valence-corrected chi connectivity index (χ1v) is 5.25. The summed E-state index contributed by atoms with van der Waals surface area (Å²) in [5.41, 5.74) is 1.51. The molecule has 0 atom stereocenters. The summed E-state index contributed by atoms with van der Waals surface area (Å²) in [6.07, 6.45) is 0.523. The highest BCUT2D eigenvalue weighted by Gasteiger charge is 2.38. The number of ketones is 1. The van der Waals surface area contributed by atoms with Crippen molar-refractivity contribution >= 4 is 17.4 Å². The highest BCUT2D eigenvalue weighted by atomic mass is 35.5. The van der Waals surface area contributed by atoms with Crippen LogP contribution in [-0.4, -0.2) is 12.9 Å². The zero-order valence-corrected chi connectivity index (χ0v) is 9.81. The van der Waals surface area contributed by atoms with Crippen molar-refractivity contribution in [2.45, 2.75) is 25.7 Å². The second kappa shape index (κ2) is 3.24. The lowest BCUT2D eigenvalue weighted by molar-refractivity contribution is 0.0979. The van der Waals surface area contributed by atoms with Crippen LogP contribution in [0.25, 0.3) is 0 Å². The van der Waals surface area contributed by atoms with Crippen molar-refractivity contribution in [1.29, 1.82) is 0 Å². The normalized spacial score (nSPS) is 17.7. The number of hydrogen-bond acceptors (Lipinski definition) is 2. The summed E-state index contributed by atoms with van der Waals surface area (Å²) in [7, 11) is 1.57. The molecule has 80 valence electrons. The molecular formula is C12H13ClO2. The van der Waals surface area contributed by atoms with Crippen LogP contribution < -0.4 is 4.74 Å². The maximum atomic E-state index is 11.8. The van der Waals surface area contributed by atoms with Gasteiger partial charge in [0.15, 0.2) is 5.78 Å². The van der Waals surface area contributed by atoms with Gasteiger partial charge in [-0.15, -0.1) is 0 Å². The third-order valence-corrected chi connectivity index (χ3v) is 3.18. The highest BCUT2D eigenvalue weighted by molar-refractivity contribution is 6.32. The molecule has 1 aliphatic carbocycles. The first kappa shape index (κ1) is 10.5.